The van der Waals surface area contributed by atoms with Crippen molar-refractivity contribution in [2.24, 2.45) is 10.9 Å². The molecule has 0 amide bonds. The molecule has 0 aromatic carbocycles. The van der Waals surface area contributed by atoms with Crippen LogP contribution in [-0.2, 0) is 0 Å². The lowest BCUT2D eigenvalue weighted by Crippen LogP contribution is -2.42. The molecule has 1 unspecified atom stereocenters. The molecule has 1 saturated carbocycles. The van der Waals surface area contributed by atoms with Crippen molar-refractivity contribution in [2.75, 3.05) is 11.6 Å². The highest BCUT2D eigenvalue weighted by Crippen LogP contribution is 2.43. The summed E-state index contributed by atoms with van der Waals surface area (Å²) in [5.41, 5.74) is 2.10. The molecule has 0 aromatic rings. The summed E-state index contributed by atoms with van der Waals surface area (Å²) in [5.74, 6) is 2.61. The van der Waals surface area contributed by atoms with Gasteiger partial charge in [0.1, 0.15) is 0 Å². The van der Waals surface area contributed by atoms with Crippen LogP contribution in [0.25, 0.3) is 0 Å². The summed E-state index contributed by atoms with van der Waals surface area (Å²) >= 11 is 7.75. The van der Waals surface area contributed by atoms with Crippen LogP contribution in [0.5, 0.6) is 0 Å². The number of rotatable bonds is 2. The molecule has 3 heteroatoms. The number of hydrogen-bond acceptors (Lipinski definition) is 2. The van der Waals surface area contributed by atoms with Gasteiger partial charge in [0.15, 0.2) is 0 Å². The summed E-state index contributed by atoms with van der Waals surface area (Å²) in [6.07, 6.45) is 4.05. The lowest BCUT2D eigenvalue weighted by Gasteiger charge is -2.38. The first-order chi connectivity index (χ1) is 5.37. The summed E-state index contributed by atoms with van der Waals surface area (Å²) in [7, 11) is 0. The minimum atomic E-state index is 0.129. The van der Waals surface area contributed by atoms with Crippen LogP contribution in [0.1, 0.15) is 19.3 Å². The SMILES string of the molecule is ClCC1(C2CCC2)CSC=N1. The average Bonchev–Trinajstić information content (AvgIpc) is 2.34. The lowest BCUT2D eigenvalue weighted by atomic mass is 9.73. The molecule has 0 radical (unpaired) electrons. The monoisotopic (exact) mass is 189 g/mol. The fraction of sp³-hybridized carbons (Fsp3) is 0.875. The van der Waals surface area contributed by atoms with Gasteiger partial charge in [-0.1, -0.05) is 6.42 Å². The number of alkyl halides is 1. The van der Waals surface area contributed by atoms with Gasteiger partial charge in [-0.15, -0.1) is 23.4 Å². The van der Waals surface area contributed by atoms with E-state index < -0.39 is 0 Å². The zero-order valence-corrected chi connectivity index (χ0v) is 8.00. The Morgan fingerprint density at radius 1 is 1.64 bits per heavy atom. The molecule has 62 valence electrons. The zero-order chi connectivity index (χ0) is 7.73. The molecule has 2 rings (SSSR count). The highest BCUT2D eigenvalue weighted by molar-refractivity contribution is 8.12. The predicted octanol–water partition coefficient (Wildman–Crippen LogP) is 2.54. The summed E-state index contributed by atoms with van der Waals surface area (Å²) in [5, 5.41) is 0. The van der Waals surface area contributed by atoms with E-state index in [0.29, 0.717) is 5.88 Å². The minimum absolute atomic E-state index is 0.129. The van der Waals surface area contributed by atoms with Gasteiger partial charge in [-0.25, -0.2) is 0 Å². The van der Waals surface area contributed by atoms with E-state index in [2.05, 4.69) is 4.99 Å². The second-order valence-corrected chi connectivity index (χ2v) is 4.51. The summed E-state index contributed by atoms with van der Waals surface area (Å²) in [6.45, 7) is 0. The van der Waals surface area contributed by atoms with Crippen LogP contribution in [0.3, 0.4) is 0 Å². The van der Waals surface area contributed by atoms with E-state index in [1.54, 1.807) is 0 Å². The van der Waals surface area contributed by atoms with Gasteiger partial charge in [-0.3, -0.25) is 4.99 Å². The van der Waals surface area contributed by atoms with Crippen molar-refractivity contribution in [1.82, 2.24) is 0 Å². The minimum Gasteiger partial charge on any atom is -0.277 e. The Balaban J connectivity index is 2.08. The van der Waals surface area contributed by atoms with E-state index in [0.717, 1.165) is 11.7 Å². The first-order valence-corrected chi connectivity index (χ1v) is 5.67. The molecule has 1 fully saturated rings. The molecule has 0 aromatic heterocycles. The van der Waals surface area contributed by atoms with Crippen molar-refractivity contribution in [1.29, 1.82) is 0 Å². The molecule has 2 aliphatic rings. The third-order valence-electron chi connectivity index (χ3n) is 2.81. The maximum Gasteiger partial charge on any atom is 0.0870 e. The quantitative estimate of drug-likeness (QED) is 0.609. The van der Waals surface area contributed by atoms with Crippen LogP contribution >= 0.6 is 23.4 Å². The standard InChI is InChI=1S/C8H12ClNS/c9-4-8(5-11-6-10-8)7-2-1-3-7/h6-7H,1-5H2. The third-order valence-corrected chi connectivity index (χ3v) is 4.20. The van der Waals surface area contributed by atoms with Crippen LogP contribution in [0.15, 0.2) is 4.99 Å². The highest BCUT2D eigenvalue weighted by Gasteiger charge is 2.42. The second-order valence-electron chi connectivity index (χ2n) is 3.41. The maximum atomic E-state index is 5.95. The summed E-state index contributed by atoms with van der Waals surface area (Å²) in [4.78, 5) is 4.51. The number of halogens is 1. The van der Waals surface area contributed by atoms with Crippen molar-refractivity contribution in [2.45, 2.75) is 24.8 Å². The van der Waals surface area contributed by atoms with Gasteiger partial charge >= 0.3 is 0 Å². The largest absolute Gasteiger partial charge is 0.277 e. The Hall–Kier alpha value is 0.310. The van der Waals surface area contributed by atoms with Gasteiger partial charge in [-0.2, -0.15) is 0 Å². The van der Waals surface area contributed by atoms with Crippen molar-refractivity contribution in [3.05, 3.63) is 0 Å². The predicted molar refractivity (Wildman–Crippen MR) is 51.7 cm³/mol. The summed E-state index contributed by atoms with van der Waals surface area (Å²) < 4.78 is 0. The Labute approximate surface area is 76.6 Å². The van der Waals surface area contributed by atoms with Gasteiger partial charge < -0.3 is 0 Å². The number of aliphatic imine (C=N–C) groups is 1. The Morgan fingerprint density at radius 3 is 2.82 bits per heavy atom. The van der Waals surface area contributed by atoms with E-state index in [9.17, 15) is 0 Å². The van der Waals surface area contributed by atoms with Crippen molar-refractivity contribution < 1.29 is 0 Å². The molecule has 1 nitrogen and oxygen atoms in total. The summed E-state index contributed by atoms with van der Waals surface area (Å²) in [6, 6.07) is 0. The fourth-order valence-corrected chi connectivity index (χ4v) is 3.27. The molecule has 0 bridgehead atoms. The number of nitrogens with zero attached hydrogens (tertiary/aromatic N) is 1. The zero-order valence-electron chi connectivity index (χ0n) is 6.42. The Kier molecular flexibility index (Phi) is 2.15. The molecule has 1 heterocycles. The Morgan fingerprint density at radius 2 is 2.45 bits per heavy atom. The topological polar surface area (TPSA) is 12.4 Å². The molecule has 1 aliphatic carbocycles. The Bertz CT molecular complexity index is 179. The molecular formula is C8H12ClNS. The van der Waals surface area contributed by atoms with Crippen LogP contribution in [0.2, 0.25) is 0 Å². The van der Waals surface area contributed by atoms with Crippen molar-refractivity contribution in [3.8, 4) is 0 Å². The molecule has 1 aliphatic heterocycles. The van der Waals surface area contributed by atoms with Gasteiger partial charge in [0, 0.05) is 11.6 Å². The van der Waals surface area contributed by atoms with E-state index in [4.69, 9.17) is 11.6 Å². The molecular weight excluding hydrogens is 178 g/mol. The highest BCUT2D eigenvalue weighted by atomic mass is 35.5. The van der Waals surface area contributed by atoms with E-state index >= 15 is 0 Å². The fourth-order valence-electron chi connectivity index (χ4n) is 1.71. The van der Waals surface area contributed by atoms with E-state index in [1.807, 2.05) is 17.3 Å². The number of thioether (sulfide) groups is 1. The third kappa shape index (κ3) is 1.20. The van der Waals surface area contributed by atoms with Crippen LogP contribution in [0, 0.1) is 5.92 Å². The maximum absolute atomic E-state index is 5.95. The van der Waals surface area contributed by atoms with Crippen LogP contribution in [0.4, 0.5) is 0 Å². The smallest absolute Gasteiger partial charge is 0.0870 e. The van der Waals surface area contributed by atoms with Crippen molar-refractivity contribution in [3.63, 3.8) is 0 Å². The van der Waals surface area contributed by atoms with Crippen molar-refractivity contribution >= 4 is 28.9 Å². The molecule has 0 N–H and O–H groups in total. The van der Waals surface area contributed by atoms with Gasteiger partial charge in [0.05, 0.1) is 11.1 Å². The molecule has 11 heavy (non-hydrogen) atoms. The van der Waals surface area contributed by atoms with Crippen LogP contribution < -0.4 is 0 Å². The normalized spacial score (nSPS) is 37.5. The average molecular weight is 190 g/mol. The molecule has 0 spiro atoms. The number of hydrogen-bond donors (Lipinski definition) is 0. The molecule has 1 atom stereocenters. The first kappa shape index (κ1) is 7.93. The van der Waals surface area contributed by atoms with Gasteiger partial charge in [-0.05, 0) is 18.8 Å². The first-order valence-electron chi connectivity index (χ1n) is 4.09. The lowest BCUT2D eigenvalue weighted by molar-refractivity contribution is 0.209. The van der Waals surface area contributed by atoms with E-state index in [1.165, 1.54) is 19.3 Å². The van der Waals surface area contributed by atoms with Gasteiger partial charge in [0.2, 0.25) is 0 Å². The van der Waals surface area contributed by atoms with Gasteiger partial charge in [0.25, 0.3) is 0 Å². The second kappa shape index (κ2) is 2.98. The molecule has 0 saturated heterocycles. The van der Waals surface area contributed by atoms with Crippen LogP contribution in [-0.4, -0.2) is 22.7 Å². The van der Waals surface area contributed by atoms with E-state index in [-0.39, 0.29) is 5.54 Å².